The maximum atomic E-state index is 11.8. The molecule has 0 radical (unpaired) electrons. The zero-order valence-electron chi connectivity index (χ0n) is 16.2. The highest BCUT2D eigenvalue weighted by Crippen LogP contribution is 2.30. The van der Waals surface area contributed by atoms with Crippen molar-refractivity contribution in [3.8, 4) is 11.5 Å². The summed E-state index contributed by atoms with van der Waals surface area (Å²) in [5.41, 5.74) is 1.59. The number of amides is 1. The minimum absolute atomic E-state index is 0.102. The molecular weight excluding hydrogens is 356 g/mol. The Balaban J connectivity index is 1.58. The maximum Gasteiger partial charge on any atom is 0.251 e. The van der Waals surface area contributed by atoms with Crippen LogP contribution in [0.2, 0.25) is 0 Å². The fourth-order valence-electron chi connectivity index (χ4n) is 2.84. The van der Waals surface area contributed by atoms with Crippen LogP contribution in [0.15, 0.2) is 53.5 Å². The first-order valence-corrected chi connectivity index (χ1v) is 9.41. The summed E-state index contributed by atoms with van der Waals surface area (Å²) in [5.74, 6) is 2.12. The normalized spacial score (nSPS) is 15.6. The van der Waals surface area contributed by atoms with Crippen LogP contribution in [-0.4, -0.2) is 44.7 Å². The first-order chi connectivity index (χ1) is 13.7. The van der Waals surface area contributed by atoms with E-state index in [2.05, 4.69) is 20.9 Å². The van der Waals surface area contributed by atoms with Crippen molar-refractivity contribution in [2.75, 3.05) is 26.7 Å². The van der Waals surface area contributed by atoms with Gasteiger partial charge in [0.05, 0.1) is 13.1 Å². The molecule has 148 valence electrons. The molecule has 0 aliphatic carbocycles. The molecule has 1 aliphatic heterocycles. The Kier molecular flexibility index (Phi) is 6.73. The smallest absolute Gasteiger partial charge is 0.251 e. The van der Waals surface area contributed by atoms with E-state index in [0.717, 1.165) is 23.6 Å². The molecule has 1 unspecified atom stereocenters. The standard InChI is InChI=1S/C21H26N4O3/c1-3-23-21(24-12-15-7-6-8-16(11-15)20(26)22-2)25-13-17-14-27-18-9-4-5-10-19(18)28-17/h4-11,17H,3,12-14H2,1-2H3,(H,22,26)(H2,23,24,25). The Labute approximate surface area is 165 Å². The Hall–Kier alpha value is -3.22. The van der Waals surface area contributed by atoms with Gasteiger partial charge in [-0.05, 0) is 36.8 Å². The Morgan fingerprint density at radius 2 is 1.96 bits per heavy atom. The summed E-state index contributed by atoms with van der Waals surface area (Å²) >= 11 is 0. The minimum Gasteiger partial charge on any atom is -0.486 e. The van der Waals surface area contributed by atoms with Gasteiger partial charge in [-0.2, -0.15) is 0 Å². The zero-order valence-corrected chi connectivity index (χ0v) is 16.2. The maximum absolute atomic E-state index is 11.8. The van der Waals surface area contributed by atoms with E-state index < -0.39 is 0 Å². The van der Waals surface area contributed by atoms with Crippen LogP contribution in [0.1, 0.15) is 22.8 Å². The second-order valence-corrected chi connectivity index (χ2v) is 6.35. The van der Waals surface area contributed by atoms with E-state index in [9.17, 15) is 4.79 Å². The molecule has 1 aliphatic rings. The quantitative estimate of drug-likeness (QED) is 0.525. The molecule has 0 fully saturated rings. The molecule has 1 heterocycles. The summed E-state index contributed by atoms with van der Waals surface area (Å²) < 4.78 is 11.7. The SMILES string of the molecule is CCNC(=NCc1cccc(C(=O)NC)c1)NCC1COc2ccccc2O1. The average molecular weight is 382 g/mol. The average Bonchev–Trinajstić information content (AvgIpc) is 2.75. The van der Waals surface area contributed by atoms with Gasteiger partial charge in [-0.25, -0.2) is 4.99 Å². The molecule has 7 nitrogen and oxygen atoms in total. The number of hydrogen-bond donors (Lipinski definition) is 3. The molecular formula is C21H26N4O3. The first kappa shape index (κ1) is 19.5. The molecule has 2 aromatic rings. The van der Waals surface area contributed by atoms with Crippen molar-refractivity contribution in [1.82, 2.24) is 16.0 Å². The summed E-state index contributed by atoms with van der Waals surface area (Å²) in [7, 11) is 1.62. The summed E-state index contributed by atoms with van der Waals surface area (Å²) in [4.78, 5) is 16.4. The van der Waals surface area contributed by atoms with Gasteiger partial charge in [0, 0.05) is 19.2 Å². The lowest BCUT2D eigenvalue weighted by atomic mass is 10.1. The van der Waals surface area contributed by atoms with Gasteiger partial charge in [0.2, 0.25) is 0 Å². The van der Waals surface area contributed by atoms with Gasteiger partial charge in [0.1, 0.15) is 12.7 Å². The molecule has 1 atom stereocenters. The number of nitrogens with zero attached hydrogens (tertiary/aromatic N) is 1. The van der Waals surface area contributed by atoms with Crippen molar-refractivity contribution >= 4 is 11.9 Å². The number of fused-ring (bicyclic) bond motifs is 1. The lowest BCUT2D eigenvalue weighted by Crippen LogP contribution is -2.45. The monoisotopic (exact) mass is 382 g/mol. The molecule has 7 heteroatoms. The lowest BCUT2D eigenvalue weighted by molar-refractivity contribution is 0.0936. The second-order valence-electron chi connectivity index (χ2n) is 6.35. The van der Waals surface area contributed by atoms with Crippen LogP contribution in [0.5, 0.6) is 11.5 Å². The number of benzene rings is 2. The first-order valence-electron chi connectivity index (χ1n) is 9.41. The van der Waals surface area contributed by atoms with E-state index in [0.29, 0.717) is 31.2 Å². The van der Waals surface area contributed by atoms with Gasteiger partial charge in [-0.15, -0.1) is 0 Å². The summed E-state index contributed by atoms with van der Waals surface area (Å²) in [6, 6.07) is 15.1. The van der Waals surface area contributed by atoms with Crippen molar-refractivity contribution in [3.63, 3.8) is 0 Å². The van der Waals surface area contributed by atoms with Gasteiger partial charge in [-0.3, -0.25) is 4.79 Å². The van der Waals surface area contributed by atoms with Crippen molar-refractivity contribution in [1.29, 1.82) is 0 Å². The van der Waals surface area contributed by atoms with Gasteiger partial charge in [0.25, 0.3) is 5.91 Å². The Morgan fingerprint density at radius 3 is 2.75 bits per heavy atom. The number of aliphatic imine (C=N–C) groups is 1. The molecule has 0 bridgehead atoms. The number of hydrogen-bond acceptors (Lipinski definition) is 4. The molecule has 0 saturated carbocycles. The van der Waals surface area contributed by atoms with E-state index in [1.807, 2.05) is 49.4 Å². The fraction of sp³-hybridized carbons (Fsp3) is 0.333. The molecule has 1 amide bonds. The van der Waals surface area contributed by atoms with Crippen molar-refractivity contribution in [2.24, 2.45) is 4.99 Å². The second kappa shape index (κ2) is 9.64. The lowest BCUT2D eigenvalue weighted by Gasteiger charge is -2.27. The van der Waals surface area contributed by atoms with Crippen molar-refractivity contribution < 1.29 is 14.3 Å². The van der Waals surface area contributed by atoms with Gasteiger partial charge < -0.3 is 25.4 Å². The van der Waals surface area contributed by atoms with E-state index >= 15 is 0 Å². The Bertz CT molecular complexity index is 838. The van der Waals surface area contributed by atoms with Crippen molar-refractivity contribution in [3.05, 3.63) is 59.7 Å². The van der Waals surface area contributed by atoms with Crippen LogP contribution >= 0.6 is 0 Å². The van der Waals surface area contributed by atoms with E-state index in [-0.39, 0.29) is 12.0 Å². The van der Waals surface area contributed by atoms with Gasteiger partial charge >= 0.3 is 0 Å². The number of carbonyl (C=O) groups is 1. The van der Waals surface area contributed by atoms with E-state index in [1.54, 1.807) is 13.1 Å². The third kappa shape index (κ3) is 5.16. The molecule has 3 N–H and O–H groups in total. The van der Waals surface area contributed by atoms with E-state index in [1.165, 1.54) is 0 Å². The van der Waals surface area contributed by atoms with Crippen LogP contribution in [0.4, 0.5) is 0 Å². The van der Waals surface area contributed by atoms with Gasteiger partial charge in [-0.1, -0.05) is 24.3 Å². The summed E-state index contributed by atoms with van der Waals surface area (Å²) in [6.45, 7) is 4.27. The predicted octanol–water partition coefficient (Wildman–Crippen LogP) is 1.94. The number of rotatable bonds is 6. The third-order valence-electron chi connectivity index (χ3n) is 4.24. The van der Waals surface area contributed by atoms with Crippen LogP contribution in [0.3, 0.4) is 0 Å². The molecule has 3 rings (SSSR count). The predicted molar refractivity (Wildman–Crippen MR) is 109 cm³/mol. The molecule has 28 heavy (non-hydrogen) atoms. The number of ether oxygens (including phenoxy) is 2. The van der Waals surface area contributed by atoms with Crippen LogP contribution < -0.4 is 25.4 Å². The van der Waals surface area contributed by atoms with Crippen LogP contribution in [-0.2, 0) is 6.54 Å². The zero-order chi connectivity index (χ0) is 19.8. The van der Waals surface area contributed by atoms with Crippen LogP contribution in [0, 0.1) is 0 Å². The number of nitrogens with one attached hydrogen (secondary N) is 3. The van der Waals surface area contributed by atoms with Gasteiger partial charge in [0.15, 0.2) is 17.5 Å². The highest BCUT2D eigenvalue weighted by atomic mass is 16.6. The third-order valence-corrected chi connectivity index (χ3v) is 4.24. The molecule has 0 saturated heterocycles. The topological polar surface area (TPSA) is 84.0 Å². The fourth-order valence-corrected chi connectivity index (χ4v) is 2.84. The number of para-hydroxylation sites is 2. The molecule has 0 aromatic heterocycles. The summed E-state index contributed by atoms with van der Waals surface area (Å²) in [6.07, 6.45) is -0.102. The van der Waals surface area contributed by atoms with Crippen LogP contribution in [0.25, 0.3) is 0 Å². The number of carbonyl (C=O) groups excluding carboxylic acids is 1. The van der Waals surface area contributed by atoms with E-state index in [4.69, 9.17) is 9.47 Å². The summed E-state index contributed by atoms with van der Waals surface area (Å²) in [5, 5.41) is 9.15. The highest BCUT2D eigenvalue weighted by molar-refractivity contribution is 5.94. The minimum atomic E-state index is -0.106. The van der Waals surface area contributed by atoms with Crippen molar-refractivity contribution in [2.45, 2.75) is 19.6 Å². The Morgan fingerprint density at radius 1 is 1.14 bits per heavy atom. The molecule has 0 spiro atoms. The molecule has 2 aromatic carbocycles. The highest BCUT2D eigenvalue weighted by Gasteiger charge is 2.20. The number of guanidine groups is 1. The largest absolute Gasteiger partial charge is 0.486 e.